The molecule has 0 saturated heterocycles. The molecule has 4 nitrogen and oxygen atoms in total. The molecule has 0 spiro atoms. The van der Waals surface area contributed by atoms with Crippen molar-refractivity contribution in [1.82, 2.24) is 0 Å². The predicted molar refractivity (Wildman–Crippen MR) is 73.5 cm³/mol. The van der Waals surface area contributed by atoms with Gasteiger partial charge in [-0.05, 0) is 18.9 Å². The quantitative estimate of drug-likeness (QED) is 0.769. The Morgan fingerprint density at radius 1 is 1.33 bits per heavy atom. The van der Waals surface area contributed by atoms with Crippen LogP contribution in [0.4, 0.5) is 0 Å². The molecule has 0 unspecified atom stereocenters. The van der Waals surface area contributed by atoms with E-state index in [1.807, 2.05) is 31.2 Å². The van der Waals surface area contributed by atoms with Gasteiger partial charge in [-0.1, -0.05) is 25.1 Å². The van der Waals surface area contributed by atoms with Crippen LogP contribution in [0.3, 0.4) is 0 Å². The Morgan fingerprint density at radius 2 is 2.00 bits per heavy atom. The Labute approximate surface area is 109 Å². The lowest BCUT2D eigenvalue weighted by Crippen LogP contribution is -2.12. The van der Waals surface area contributed by atoms with E-state index in [1.54, 1.807) is 0 Å². The van der Waals surface area contributed by atoms with Crippen molar-refractivity contribution in [2.75, 3.05) is 18.6 Å². The van der Waals surface area contributed by atoms with E-state index in [9.17, 15) is 8.42 Å². The Morgan fingerprint density at radius 3 is 2.61 bits per heavy atom. The molecule has 0 saturated carbocycles. The number of hydrogen-bond acceptors (Lipinski definition) is 4. The molecule has 0 radical (unpaired) electrons. The molecule has 0 aromatic heterocycles. The molecule has 0 aliphatic heterocycles. The molecule has 0 amide bonds. The fraction of sp³-hybridized carbons (Fsp3) is 0.538. The summed E-state index contributed by atoms with van der Waals surface area (Å²) in [4.78, 5) is 0. The van der Waals surface area contributed by atoms with Crippen molar-refractivity contribution in [3.8, 4) is 5.75 Å². The highest BCUT2D eigenvalue weighted by molar-refractivity contribution is 7.90. The molecule has 1 aromatic carbocycles. The number of sulfone groups is 1. The van der Waals surface area contributed by atoms with E-state index in [-0.39, 0.29) is 11.8 Å². The molecule has 1 aromatic rings. The first kappa shape index (κ1) is 15.0. The van der Waals surface area contributed by atoms with Gasteiger partial charge in [0.05, 0.1) is 12.4 Å². The van der Waals surface area contributed by atoms with Crippen molar-refractivity contribution in [3.63, 3.8) is 0 Å². The molecule has 1 atom stereocenters. The first-order valence-corrected chi connectivity index (χ1v) is 8.15. The van der Waals surface area contributed by atoms with Gasteiger partial charge in [-0.3, -0.25) is 0 Å². The summed E-state index contributed by atoms with van der Waals surface area (Å²) in [7, 11) is -2.91. The summed E-state index contributed by atoms with van der Waals surface area (Å²) in [6.45, 7) is 2.41. The summed E-state index contributed by atoms with van der Waals surface area (Å²) in [6, 6.07) is 7.58. The largest absolute Gasteiger partial charge is 0.493 e. The van der Waals surface area contributed by atoms with Crippen molar-refractivity contribution in [1.29, 1.82) is 0 Å². The fourth-order valence-electron chi connectivity index (χ4n) is 1.64. The van der Waals surface area contributed by atoms with E-state index in [0.717, 1.165) is 17.7 Å². The van der Waals surface area contributed by atoms with E-state index in [1.165, 1.54) is 6.26 Å². The van der Waals surface area contributed by atoms with Crippen LogP contribution in [-0.2, 0) is 9.84 Å². The second-order valence-corrected chi connectivity index (χ2v) is 6.64. The molecular weight excluding hydrogens is 250 g/mol. The summed E-state index contributed by atoms with van der Waals surface area (Å²) < 4.78 is 27.6. The molecule has 2 N–H and O–H groups in total. The van der Waals surface area contributed by atoms with Crippen molar-refractivity contribution >= 4 is 9.84 Å². The normalized spacial score (nSPS) is 13.3. The van der Waals surface area contributed by atoms with Crippen molar-refractivity contribution < 1.29 is 13.2 Å². The summed E-state index contributed by atoms with van der Waals surface area (Å²) in [5.74, 6) is 0.898. The summed E-state index contributed by atoms with van der Waals surface area (Å²) in [5, 5.41) is 0. The summed E-state index contributed by atoms with van der Waals surface area (Å²) >= 11 is 0. The van der Waals surface area contributed by atoms with Gasteiger partial charge < -0.3 is 10.5 Å². The molecule has 18 heavy (non-hydrogen) atoms. The molecule has 0 fully saturated rings. The molecule has 5 heteroatoms. The van der Waals surface area contributed by atoms with Crippen LogP contribution in [0.15, 0.2) is 24.3 Å². The van der Waals surface area contributed by atoms with Gasteiger partial charge in [-0.25, -0.2) is 8.42 Å². The molecule has 102 valence electrons. The lowest BCUT2D eigenvalue weighted by molar-refractivity contribution is 0.312. The number of rotatable bonds is 7. The van der Waals surface area contributed by atoms with Crippen LogP contribution >= 0.6 is 0 Å². The maximum atomic E-state index is 11.0. The monoisotopic (exact) mass is 271 g/mol. The molecule has 0 aliphatic rings. The van der Waals surface area contributed by atoms with Gasteiger partial charge in [0.2, 0.25) is 0 Å². The minimum Gasteiger partial charge on any atom is -0.493 e. The Balaban J connectivity index is 2.57. The fourth-order valence-corrected chi connectivity index (χ4v) is 2.28. The first-order valence-electron chi connectivity index (χ1n) is 6.09. The lowest BCUT2D eigenvalue weighted by atomic mass is 10.0. The number of nitrogens with two attached hydrogens (primary N) is 1. The maximum Gasteiger partial charge on any atom is 0.147 e. The van der Waals surface area contributed by atoms with Crippen LogP contribution in [0.2, 0.25) is 0 Å². The number of hydrogen-bond donors (Lipinski definition) is 1. The predicted octanol–water partition coefficient (Wildman–Crippen LogP) is 1.91. The van der Waals surface area contributed by atoms with Crippen LogP contribution in [0.25, 0.3) is 0 Å². The van der Waals surface area contributed by atoms with E-state index < -0.39 is 9.84 Å². The Kier molecular flexibility index (Phi) is 5.62. The Hall–Kier alpha value is -1.07. The summed E-state index contributed by atoms with van der Waals surface area (Å²) in [6.07, 6.45) is 2.56. The third-order valence-corrected chi connectivity index (χ3v) is 3.71. The third kappa shape index (κ3) is 5.06. The maximum absolute atomic E-state index is 11.0. The highest BCUT2D eigenvalue weighted by Gasteiger charge is 2.10. The zero-order valence-corrected chi connectivity index (χ0v) is 11.7. The third-order valence-electron chi connectivity index (χ3n) is 2.68. The van der Waals surface area contributed by atoms with E-state index in [4.69, 9.17) is 10.5 Å². The average molecular weight is 271 g/mol. The van der Waals surface area contributed by atoms with Crippen LogP contribution in [0.1, 0.15) is 31.4 Å². The summed E-state index contributed by atoms with van der Waals surface area (Å²) in [5.41, 5.74) is 6.96. The Bertz CT molecular complexity index is 471. The van der Waals surface area contributed by atoms with Gasteiger partial charge in [-0.15, -0.1) is 0 Å². The average Bonchev–Trinajstić information content (AvgIpc) is 2.33. The van der Waals surface area contributed by atoms with Crippen molar-refractivity contribution in [2.24, 2.45) is 5.73 Å². The lowest BCUT2D eigenvalue weighted by Gasteiger charge is -2.15. The van der Waals surface area contributed by atoms with Gasteiger partial charge in [0, 0.05) is 17.9 Å². The number of para-hydroxylation sites is 1. The standard InChI is InChI=1S/C13H21NO3S/c1-3-12(14)11-7-4-5-8-13(11)17-9-6-10-18(2,15)16/h4-5,7-8,12H,3,6,9-10,14H2,1-2H3/t12-/m1/s1. The van der Waals surface area contributed by atoms with E-state index >= 15 is 0 Å². The highest BCUT2D eigenvalue weighted by atomic mass is 32.2. The topological polar surface area (TPSA) is 69.4 Å². The van der Waals surface area contributed by atoms with Crippen LogP contribution < -0.4 is 10.5 Å². The molecular formula is C13H21NO3S. The highest BCUT2D eigenvalue weighted by Crippen LogP contribution is 2.25. The number of benzene rings is 1. The molecule has 0 bridgehead atoms. The zero-order chi connectivity index (χ0) is 13.6. The van der Waals surface area contributed by atoms with Gasteiger partial charge in [0.1, 0.15) is 15.6 Å². The zero-order valence-electron chi connectivity index (χ0n) is 10.9. The molecule has 1 rings (SSSR count). The van der Waals surface area contributed by atoms with Gasteiger partial charge in [-0.2, -0.15) is 0 Å². The van der Waals surface area contributed by atoms with Gasteiger partial charge in [0.15, 0.2) is 0 Å². The van der Waals surface area contributed by atoms with Crippen molar-refractivity contribution in [2.45, 2.75) is 25.8 Å². The minimum atomic E-state index is -2.91. The van der Waals surface area contributed by atoms with Crippen LogP contribution in [0.5, 0.6) is 5.75 Å². The van der Waals surface area contributed by atoms with Gasteiger partial charge in [0.25, 0.3) is 0 Å². The van der Waals surface area contributed by atoms with Crippen LogP contribution in [-0.4, -0.2) is 27.0 Å². The second-order valence-electron chi connectivity index (χ2n) is 4.38. The minimum absolute atomic E-state index is 0.0453. The smallest absolute Gasteiger partial charge is 0.147 e. The second kappa shape index (κ2) is 6.75. The van der Waals surface area contributed by atoms with Gasteiger partial charge >= 0.3 is 0 Å². The van der Waals surface area contributed by atoms with Crippen molar-refractivity contribution in [3.05, 3.63) is 29.8 Å². The number of ether oxygens (including phenoxy) is 1. The van der Waals surface area contributed by atoms with E-state index in [0.29, 0.717) is 13.0 Å². The molecule has 0 aliphatic carbocycles. The van der Waals surface area contributed by atoms with E-state index in [2.05, 4.69) is 0 Å². The first-order chi connectivity index (χ1) is 8.44. The SMILES string of the molecule is CC[C@@H](N)c1ccccc1OCCCS(C)(=O)=O. The molecule has 0 heterocycles. The van der Waals surface area contributed by atoms with Crippen LogP contribution in [0, 0.1) is 0 Å².